The van der Waals surface area contributed by atoms with Crippen LogP contribution in [0.2, 0.25) is 0 Å². The van der Waals surface area contributed by atoms with Gasteiger partial charge in [-0.25, -0.2) is 13.6 Å². The number of nitriles is 2. The molecule has 0 aliphatic carbocycles. The molecule has 0 fully saturated rings. The molecule has 0 unspecified atom stereocenters. The summed E-state index contributed by atoms with van der Waals surface area (Å²) in [5.74, 6) is 0. The molecule has 78 valence electrons. The second-order valence-corrected chi connectivity index (χ2v) is 4.06. The minimum atomic E-state index is -3.53. The largest absolute Gasteiger partial charge is 0.238 e. The molecule has 0 aliphatic heterocycles. The van der Waals surface area contributed by atoms with Gasteiger partial charge in [-0.1, -0.05) is 18.2 Å². The van der Waals surface area contributed by atoms with Crippen LogP contribution in [0.15, 0.2) is 29.2 Å². The average Bonchev–Trinajstić information content (AvgIpc) is 2.17. The molecule has 0 heterocycles. The molecule has 0 radical (unpaired) electrons. The third-order valence-electron chi connectivity index (χ3n) is 1.45. The van der Waals surface area contributed by atoms with Gasteiger partial charge in [-0.2, -0.15) is 10.5 Å². The molecule has 1 aromatic rings. The zero-order valence-electron chi connectivity index (χ0n) is 8.01. The summed E-state index contributed by atoms with van der Waals surface area (Å²) in [4.78, 5) is 0.194. The first-order valence-electron chi connectivity index (χ1n) is 3.80. The van der Waals surface area contributed by atoms with Gasteiger partial charge < -0.3 is 0 Å². The SMILES string of the molecule is Cc1ccccc1S(N)(=O)=O.N#CC#N. The molecule has 5 nitrogen and oxygen atoms in total. The van der Waals surface area contributed by atoms with Gasteiger partial charge in [0.2, 0.25) is 10.0 Å². The lowest BCUT2D eigenvalue weighted by Gasteiger charge is -2.00. The van der Waals surface area contributed by atoms with E-state index in [4.69, 9.17) is 15.7 Å². The quantitative estimate of drug-likeness (QED) is 0.754. The van der Waals surface area contributed by atoms with Crippen LogP contribution in [0.1, 0.15) is 5.56 Å². The van der Waals surface area contributed by atoms with Gasteiger partial charge >= 0.3 is 0 Å². The van der Waals surface area contributed by atoms with Crippen LogP contribution in [0.5, 0.6) is 0 Å². The fraction of sp³-hybridized carbons (Fsp3) is 0.111. The lowest BCUT2D eigenvalue weighted by molar-refractivity contribution is 0.597. The second kappa shape index (κ2) is 5.76. The highest BCUT2D eigenvalue weighted by Crippen LogP contribution is 2.10. The maximum absolute atomic E-state index is 10.8. The highest BCUT2D eigenvalue weighted by molar-refractivity contribution is 7.89. The first-order valence-corrected chi connectivity index (χ1v) is 5.34. The number of primary sulfonamides is 1. The van der Waals surface area contributed by atoms with Crippen molar-refractivity contribution in [3.63, 3.8) is 0 Å². The van der Waals surface area contributed by atoms with Crippen LogP contribution < -0.4 is 5.14 Å². The molecule has 6 heteroatoms. The molecule has 1 aromatic carbocycles. The molecule has 0 spiro atoms. The first kappa shape index (κ1) is 13.1. The molecule has 0 amide bonds. The predicted octanol–water partition coefficient (Wildman–Crippen LogP) is 0.676. The standard InChI is InChI=1S/C7H9NO2S.C2N2/c1-6-4-2-3-5-7(6)11(8,9)10;3-1-2-4/h2-5H,1H3,(H2,8,9,10);. The van der Waals surface area contributed by atoms with Gasteiger partial charge in [0.25, 0.3) is 0 Å². The summed E-state index contributed by atoms with van der Waals surface area (Å²) in [6.45, 7) is 1.71. The Labute approximate surface area is 88.4 Å². The normalized spacial score (nSPS) is 9.07. The maximum atomic E-state index is 10.8. The summed E-state index contributed by atoms with van der Waals surface area (Å²) < 4.78 is 21.7. The van der Waals surface area contributed by atoms with E-state index < -0.39 is 10.0 Å². The van der Waals surface area contributed by atoms with Crippen molar-refractivity contribution in [2.24, 2.45) is 5.14 Å². The molecular formula is C9H9N3O2S. The highest BCUT2D eigenvalue weighted by atomic mass is 32.2. The Bertz CT molecular complexity index is 497. The van der Waals surface area contributed by atoms with E-state index in [1.54, 1.807) is 25.1 Å². The summed E-state index contributed by atoms with van der Waals surface area (Å²) in [7, 11) is -3.53. The Morgan fingerprint density at radius 2 is 1.67 bits per heavy atom. The van der Waals surface area contributed by atoms with Crippen molar-refractivity contribution in [1.29, 1.82) is 10.5 Å². The Hall–Kier alpha value is -1.89. The Morgan fingerprint density at radius 1 is 1.20 bits per heavy atom. The van der Waals surface area contributed by atoms with Crippen molar-refractivity contribution in [2.75, 3.05) is 0 Å². The fourth-order valence-electron chi connectivity index (χ4n) is 0.876. The van der Waals surface area contributed by atoms with E-state index in [0.717, 1.165) is 0 Å². The number of aryl methyl sites for hydroxylation is 1. The number of rotatable bonds is 1. The molecule has 0 aromatic heterocycles. The summed E-state index contributed by atoms with van der Waals surface area (Å²) in [6, 6.07) is 9.08. The van der Waals surface area contributed by atoms with Crippen LogP contribution in [0.25, 0.3) is 0 Å². The van der Waals surface area contributed by atoms with Gasteiger partial charge in [-0.3, -0.25) is 0 Å². The molecule has 1 rings (SSSR count). The van der Waals surface area contributed by atoms with Crippen LogP contribution >= 0.6 is 0 Å². The summed E-state index contributed by atoms with van der Waals surface area (Å²) in [6.07, 6.45) is 0. The lowest BCUT2D eigenvalue weighted by atomic mass is 10.2. The van der Waals surface area contributed by atoms with Crippen LogP contribution in [0, 0.1) is 29.6 Å². The van der Waals surface area contributed by atoms with Gasteiger partial charge in [0.15, 0.2) is 12.1 Å². The Morgan fingerprint density at radius 3 is 1.93 bits per heavy atom. The van der Waals surface area contributed by atoms with Gasteiger partial charge in [0, 0.05) is 0 Å². The zero-order valence-corrected chi connectivity index (χ0v) is 8.82. The Balaban J connectivity index is 0.000000423. The monoisotopic (exact) mass is 223 g/mol. The van der Waals surface area contributed by atoms with Crippen LogP contribution in [-0.4, -0.2) is 8.42 Å². The number of nitrogens with two attached hydrogens (primary N) is 1. The van der Waals surface area contributed by atoms with E-state index in [9.17, 15) is 8.42 Å². The minimum Gasteiger partial charge on any atom is -0.225 e. The fourth-order valence-corrected chi connectivity index (χ4v) is 1.66. The third kappa shape index (κ3) is 4.77. The molecular weight excluding hydrogens is 214 g/mol. The zero-order chi connectivity index (χ0) is 11.9. The van der Waals surface area contributed by atoms with E-state index in [0.29, 0.717) is 5.56 Å². The first-order chi connectivity index (χ1) is 6.93. The Kier molecular flexibility index (Phi) is 5.03. The second-order valence-electron chi connectivity index (χ2n) is 2.53. The highest BCUT2D eigenvalue weighted by Gasteiger charge is 2.08. The predicted molar refractivity (Wildman–Crippen MR) is 53.8 cm³/mol. The average molecular weight is 223 g/mol. The number of sulfonamides is 1. The van der Waals surface area contributed by atoms with Crippen molar-refractivity contribution in [3.05, 3.63) is 29.8 Å². The van der Waals surface area contributed by atoms with Crippen LogP contribution in [-0.2, 0) is 10.0 Å². The number of nitrogens with zero attached hydrogens (tertiary/aromatic N) is 2. The molecule has 0 aliphatic rings. The summed E-state index contributed by atoms with van der Waals surface area (Å²) in [5.41, 5.74) is 0.676. The minimum absolute atomic E-state index is 0.194. The topological polar surface area (TPSA) is 108 Å². The van der Waals surface area contributed by atoms with E-state index in [1.807, 2.05) is 0 Å². The van der Waals surface area contributed by atoms with Crippen molar-refractivity contribution < 1.29 is 8.42 Å². The molecule has 0 bridgehead atoms. The van der Waals surface area contributed by atoms with Crippen molar-refractivity contribution in [1.82, 2.24) is 0 Å². The van der Waals surface area contributed by atoms with Crippen LogP contribution in [0.3, 0.4) is 0 Å². The molecule has 0 atom stereocenters. The summed E-state index contributed by atoms with van der Waals surface area (Å²) in [5, 5.41) is 19.5. The number of benzene rings is 1. The molecule has 2 N–H and O–H groups in total. The van der Waals surface area contributed by atoms with E-state index in [2.05, 4.69) is 0 Å². The van der Waals surface area contributed by atoms with Gasteiger partial charge in [0.05, 0.1) is 4.90 Å². The van der Waals surface area contributed by atoms with E-state index in [-0.39, 0.29) is 4.90 Å². The smallest absolute Gasteiger partial charge is 0.225 e. The van der Waals surface area contributed by atoms with E-state index >= 15 is 0 Å². The number of hydrogen-bond donors (Lipinski definition) is 1. The van der Waals surface area contributed by atoms with E-state index in [1.165, 1.54) is 18.2 Å². The third-order valence-corrected chi connectivity index (χ3v) is 2.52. The molecule has 0 saturated carbocycles. The van der Waals surface area contributed by atoms with Gasteiger partial charge in [0.1, 0.15) is 0 Å². The number of hydrogen-bond acceptors (Lipinski definition) is 4. The van der Waals surface area contributed by atoms with Crippen molar-refractivity contribution in [2.45, 2.75) is 11.8 Å². The van der Waals surface area contributed by atoms with Crippen molar-refractivity contribution in [3.8, 4) is 12.1 Å². The summed E-state index contributed by atoms with van der Waals surface area (Å²) >= 11 is 0. The lowest BCUT2D eigenvalue weighted by Crippen LogP contribution is -2.13. The maximum Gasteiger partial charge on any atom is 0.238 e. The van der Waals surface area contributed by atoms with Crippen molar-refractivity contribution >= 4 is 10.0 Å². The molecule has 0 saturated heterocycles. The van der Waals surface area contributed by atoms with Gasteiger partial charge in [-0.15, -0.1) is 0 Å². The van der Waals surface area contributed by atoms with Crippen LogP contribution in [0.4, 0.5) is 0 Å². The van der Waals surface area contributed by atoms with Gasteiger partial charge in [-0.05, 0) is 18.6 Å². The molecule has 15 heavy (non-hydrogen) atoms.